The molecule has 0 saturated heterocycles. The first kappa shape index (κ1) is 16.8. The summed E-state index contributed by atoms with van der Waals surface area (Å²) in [6, 6.07) is 11.9. The van der Waals surface area contributed by atoms with E-state index in [4.69, 9.17) is 11.6 Å². The number of hydrogen-bond donors (Lipinski definition) is 2. The second kappa shape index (κ2) is 6.81. The quantitative estimate of drug-likeness (QED) is 0.746. The maximum absolute atomic E-state index is 13.9. The first-order chi connectivity index (χ1) is 11.5. The summed E-state index contributed by atoms with van der Waals surface area (Å²) in [5, 5.41) is 5.84. The third-order valence-corrected chi connectivity index (χ3v) is 4.81. The number of rotatable bonds is 3. The second-order valence-corrected chi connectivity index (χ2v) is 6.93. The average molecular weight is 347 g/mol. The number of carbonyl (C=O) groups is 1. The Morgan fingerprint density at radius 2 is 1.83 bits per heavy atom. The Morgan fingerprint density at radius 1 is 1.17 bits per heavy atom. The minimum absolute atomic E-state index is 0.0166. The Morgan fingerprint density at radius 3 is 2.50 bits per heavy atom. The van der Waals surface area contributed by atoms with Crippen LogP contribution in [0.1, 0.15) is 32.6 Å². The van der Waals surface area contributed by atoms with Crippen molar-refractivity contribution in [1.82, 2.24) is 5.32 Å². The molecule has 0 aliphatic heterocycles. The van der Waals surface area contributed by atoms with Gasteiger partial charge in [0.1, 0.15) is 5.82 Å². The van der Waals surface area contributed by atoms with E-state index in [0.29, 0.717) is 11.3 Å². The summed E-state index contributed by atoms with van der Waals surface area (Å²) in [7, 11) is 0. The molecule has 0 spiro atoms. The molecular formula is C19H20ClFN2O. The van der Waals surface area contributed by atoms with Crippen LogP contribution in [0.4, 0.5) is 14.9 Å². The highest BCUT2D eigenvalue weighted by Gasteiger charge is 2.30. The van der Waals surface area contributed by atoms with Gasteiger partial charge in [0.05, 0.1) is 10.7 Å². The average Bonchev–Trinajstić information content (AvgIpc) is 2.97. The Balaban J connectivity index is 1.87. The van der Waals surface area contributed by atoms with E-state index in [1.54, 1.807) is 0 Å². The topological polar surface area (TPSA) is 41.1 Å². The van der Waals surface area contributed by atoms with Crippen LogP contribution >= 0.6 is 11.6 Å². The molecule has 1 aliphatic rings. The molecule has 2 N–H and O–H groups in total. The van der Waals surface area contributed by atoms with Gasteiger partial charge < -0.3 is 10.6 Å². The molecule has 5 heteroatoms. The monoisotopic (exact) mass is 346 g/mol. The van der Waals surface area contributed by atoms with E-state index in [0.717, 1.165) is 31.2 Å². The molecule has 1 aliphatic carbocycles. The van der Waals surface area contributed by atoms with E-state index in [1.165, 1.54) is 12.1 Å². The van der Waals surface area contributed by atoms with Gasteiger partial charge in [-0.05, 0) is 37.5 Å². The summed E-state index contributed by atoms with van der Waals surface area (Å²) in [6.07, 6.45) is 4.18. The predicted molar refractivity (Wildman–Crippen MR) is 95.9 cm³/mol. The van der Waals surface area contributed by atoms with Crippen LogP contribution in [-0.4, -0.2) is 11.6 Å². The molecule has 2 amide bonds. The van der Waals surface area contributed by atoms with Gasteiger partial charge >= 0.3 is 6.03 Å². The maximum Gasteiger partial charge on any atom is 0.319 e. The van der Waals surface area contributed by atoms with E-state index in [1.807, 2.05) is 30.3 Å². The molecular weight excluding hydrogens is 327 g/mol. The third-order valence-electron chi connectivity index (χ3n) is 4.52. The molecule has 0 aromatic heterocycles. The fourth-order valence-corrected chi connectivity index (χ4v) is 3.38. The zero-order chi connectivity index (χ0) is 17.2. The summed E-state index contributed by atoms with van der Waals surface area (Å²) in [5.74, 6) is -0.510. The summed E-state index contributed by atoms with van der Waals surface area (Å²) >= 11 is 5.91. The van der Waals surface area contributed by atoms with Gasteiger partial charge in [-0.25, -0.2) is 9.18 Å². The SMILES string of the molecule is CC1(NC(=O)Nc2cc(Cl)c(F)cc2-c2ccccc2)CCCC1. The number of halogens is 2. The van der Waals surface area contributed by atoms with E-state index >= 15 is 0 Å². The van der Waals surface area contributed by atoms with Crippen LogP contribution in [0.2, 0.25) is 5.02 Å². The number of benzene rings is 2. The van der Waals surface area contributed by atoms with Gasteiger partial charge in [-0.15, -0.1) is 0 Å². The van der Waals surface area contributed by atoms with Crippen LogP contribution < -0.4 is 10.6 Å². The molecule has 0 heterocycles. The van der Waals surface area contributed by atoms with Crippen molar-refractivity contribution >= 4 is 23.3 Å². The molecule has 3 nitrogen and oxygen atoms in total. The standard InChI is InChI=1S/C19H20ClFN2O/c1-19(9-5-6-10-19)23-18(24)22-17-12-15(20)16(21)11-14(17)13-7-3-2-4-8-13/h2-4,7-8,11-12H,5-6,9-10H2,1H3,(H2,22,23,24). The number of urea groups is 1. The zero-order valence-corrected chi connectivity index (χ0v) is 14.3. The van der Waals surface area contributed by atoms with Gasteiger partial charge in [0, 0.05) is 11.1 Å². The molecule has 2 aromatic rings. The molecule has 0 unspecified atom stereocenters. The maximum atomic E-state index is 13.9. The van der Waals surface area contributed by atoms with Gasteiger partial charge in [0.25, 0.3) is 0 Å². The van der Waals surface area contributed by atoms with Crippen LogP contribution in [0.25, 0.3) is 11.1 Å². The van der Waals surface area contributed by atoms with Crippen LogP contribution in [0.3, 0.4) is 0 Å². The fraction of sp³-hybridized carbons (Fsp3) is 0.316. The lowest BCUT2D eigenvalue weighted by Gasteiger charge is -2.25. The molecule has 2 aromatic carbocycles. The highest BCUT2D eigenvalue weighted by Crippen LogP contribution is 2.33. The number of nitrogens with one attached hydrogen (secondary N) is 2. The van der Waals surface area contributed by atoms with Crippen molar-refractivity contribution in [3.05, 3.63) is 53.3 Å². The summed E-state index contributed by atoms with van der Waals surface area (Å²) in [4.78, 5) is 12.4. The van der Waals surface area contributed by atoms with E-state index in [2.05, 4.69) is 17.6 Å². The van der Waals surface area contributed by atoms with Gasteiger partial charge in [0.2, 0.25) is 0 Å². The molecule has 126 valence electrons. The molecule has 24 heavy (non-hydrogen) atoms. The van der Waals surface area contributed by atoms with Gasteiger partial charge in [-0.1, -0.05) is 54.8 Å². The van der Waals surface area contributed by atoms with Crippen molar-refractivity contribution in [1.29, 1.82) is 0 Å². The van der Waals surface area contributed by atoms with Crippen molar-refractivity contribution in [2.24, 2.45) is 0 Å². The number of carbonyl (C=O) groups excluding carboxylic acids is 1. The Kier molecular flexibility index (Phi) is 4.76. The Bertz CT molecular complexity index is 743. The van der Waals surface area contributed by atoms with E-state index < -0.39 is 5.82 Å². The lowest BCUT2D eigenvalue weighted by atomic mass is 10.0. The molecule has 0 radical (unpaired) electrons. The third kappa shape index (κ3) is 3.70. The van der Waals surface area contributed by atoms with E-state index in [9.17, 15) is 9.18 Å². The smallest absolute Gasteiger partial charge is 0.319 e. The van der Waals surface area contributed by atoms with Crippen LogP contribution in [-0.2, 0) is 0 Å². The van der Waals surface area contributed by atoms with Crippen LogP contribution in [0.15, 0.2) is 42.5 Å². The molecule has 1 fully saturated rings. The van der Waals surface area contributed by atoms with Gasteiger partial charge in [-0.2, -0.15) is 0 Å². The Labute approximate surface area is 146 Å². The number of anilines is 1. The lowest BCUT2D eigenvalue weighted by Crippen LogP contribution is -2.45. The summed E-state index contributed by atoms with van der Waals surface area (Å²) < 4.78 is 13.9. The van der Waals surface area contributed by atoms with Crippen molar-refractivity contribution in [3.8, 4) is 11.1 Å². The summed E-state index contributed by atoms with van der Waals surface area (Å²) in [5.41, 5.74) is 1.73. The normalized spacial score (nSPS) is 16.0. The fourth-order valence-electron chi connectivity index (χ4n) is 3.21. The molecule has 0 bridgehead atoms. The predicted octanol–water partition coefficient (Wildman–Crippen LogP) is 5.60. The highest BCUT2D eigenvalue weighted by molar-refractivity contribution is 6.31. The van der Waals surface area contributed by atoms with E-state index in [-0.39, 0.29) is 16.6 Å². The first-order valence-corrected chi connectivity index (χ1v) is 8.48. The second-order valence-electron chi connectivity index (χ2n) is 6.52. The van der Waals surface area contributed by atoms with Gasteiger partial charge in [-0.3, -0.25) is 0 Å². The highest BCUT2D eigenvalue weighted by atomic mass is 35.5. The largest absolute Gasteiger partial charge is 0.333 e. The van der Waals surface area contributed by atoms with Gasteiger partial charge in [0.15, 0.2) is 0 Å². The summed E-state index contributed by atoms with van der Waals surface area (Å²) in [6.45, 7) is 2.05. The van der Waals surface area contributed by atoms with Crippen molar-refractivity contribution in [2.75, 3.05) is 5.32 Å². The molecule has 1 saturated carbocycles. The first-order valence-electron chi connectivity index (χ1n) is 8.10. The number of amides is 2. The minimum atomic E-state index is -0.510. The molecule has 0 atom stereocenters. The lowest BCUT2D eigenvalue weighted by molar-refractivity contribution is 0.239. The van der Waals surface area contributed by atoms with Crippen LogP contribution in [0, 0.1) is 5.82 Å². The van der Waals surface area contributed by atoms with Crippen molar-refractivity contribution < 1.29 is 9.18 Å². The van der Waals surface area contributed by atoms with Crippen LogP contribution in [0.5, 0.6) is 0 Å². The Hall–Kier alpha value is -2.07. The van der Waals surface area contributed by atoms with Crippen molar-refractivity contribution in [2.45, 2.75) is 38.1 Å². The molecule has 3 rings (SSSR count). The number of hydrogen-bond acceptors (Lipinski definition) is 1. The minimum Gasteiger partial charge on any atom is -0.333 e. The zero-order valence-electron chi connectivity index (χ0n) is 13.5. The van der Waals surface area contributed by atoms with Crippen molar-refractivity contribution in [3.63, 3.8) is 0 Å².